The highest BCUT2D eigenvalue weighted by molar-refractivity contribution is 5.93. The van der Waals surface area contributed by atoms with E-state index in [1.54, 1.807) is 12.4 Å². The first-order valence-electron chi connectivity index (χ1n) is 9.09. The van der Waals surface area contributed by atoms with E-state index in [0.717, 1.165) is 44.8 Å². The second-order valence-electron chi connectivity index (χ2n) is 6.32. The maximum Gasteiger partial charge on any atom is 0.256 e. The molecule has 23 heavy (non-hydrogen) atoms. The van der Waals surface area contributed by atoms with E-state index in [9.17, 15) is 4.79 Å². The van der Waals surface area contributed by atoms with Crippen molar-refractivity contribution >= 4 is 11.9 Å². The first kappa shape index (κ1) is 17.7. The minimum atomic E-state index is 0.0472. The van der Waals surface area contributed by atoms with E-state index in [1.165, 1.54) is 19.3 Å². The summed E-state index contributed by atoms with van der Waals surface area (Å²) in [6, 6.07) is 0.530. The normalized spacial score (nSPS) is 18.0. The number of piperidine rings is 1. The summed E-state index contributed by atoms with van der Waals surface area (Å²) in [6.07, 6.45) is 10.1. The van der Waals surface area contributed by atoms with Crippen molar-refractivity contribution in [2.24, 2.45) is 0 Å². The van der Waals surface area contributed by atoms with Crippen LogP contribution in [0.4, 0.5) is 5.95 Å². The number of rotatable bonds is 7. The predicted molar refractivity (Wildman–Crippen MR) is 93.8 cm³/mol. The van der Waals surface area contributed by atoms with Crippen LogP contribution in [-0.4, -0.2) is 46.5 Å². The molecule has 2 heterocycles. The zero-order valence-electron chi connectivity index (χ0n) is 14.8. The number of carbonyl (C=O) groups excluding carboxylic acids is 1. The van der Waals surface area contributed by atoms with Gasteiger partial charge in [-0.15, -0.1) is 0 Å². The standard InChI is InChI=1S/C18H30N4O/c1-4-10-21(11-5-2)17(23)15-13-19-18(20-14-15)22-12-8-7-9-16(22)6-3/h13-14,16H,4-12H2,1-3H3. The third kappa shape index (κ3) is 4.43. The number of hydrogen-bond acceptors (Lipinski definition) is 4. The summed E-state index contributed by atoms with van der Waals surface area (Å²) in [5, 5.41) is 0. The first-order chi connectivity index (χ1) is 11.2. The van der Waals surface area contributed by atoms with Gasteiger partial charge in [-0.25, -0.2) is 9.97 Å². The highest BCUT2D eigenvalue weighted by Crippen LogP contribution is 2.23. The highest BCUT2D eigenvalue weighted by Gasteiger charge is 2.23. The molecule has 1 aliphatic rings. The largest absolute Gasteiger partial charge is 0.339 e. The van der Waals surface area contributed by atoms with Gasteiger partial charge in [0.05, 0.1) is 5.56 Å². The van der Waals surface area contributed by atoms with Crippen LogP contribution in [0.25, 0.3) is 0 Å². The molecule has 1 unspecified atom stereocenters. The molecule has 1 aromatic heterocycles. The molecule has 128 valence electrons. The number of nitrogens with zero attached hydrogens (tertiary/aromatic N) is 4. The number of hydrogen-bond donors (Lipinski definition) is 0. The van der Waals surface area contributed by atoms with Crippen LogP contribution in [0, 0.1) is 0 Å². The molecule has 5 heteroatoms. The molecule has 1 fully saturated rings. The molecule has 5 nitrogen and oxygen atoms in total. The van der Waals surface area contributed by atoms with E-state index in [2.05, 4.69) is 35.6 Å². The Hall–Kier alpha value is -1.65. The van der Waals surface area contributed by atoms with Gasteiger partial charge >= 0.3 is 0 Å². The van der Waals surface area contributed by atoms with E-state index in [1.807, 2.05) is 4.90 Å². The molecule has 1 amide bonds. The average Bonchev–Trinajstić information content (AvgIpc) is 2.61. The molecular weight excluding hydrogens is 288 g/mol. The molecule has 0 saturated carbocycles. The maximum absolute atomic E-state index is 12.6. The third-order valence-corrected chi connectivity index (χ3v) is 4.51. The fourth-order valence-corrected chi connectivity index (χ4v) is 3.31. The average molecular weight is 318 g/mol. The minimum Gasteiger partial charge on any atom is -0.339 e. The maximum atomic E-state index is 12.6. The van der Waals surface area contributed by atoms with Crippen LogP contribution in [0.5, 0.6) is 0 Å². The molecule has 0 N–H and O–H groups in total. The van der Waals surface area contributed by atoms with Crippen molar-refractivity contribution < 1.29 is 4.79 Å². The van der Waals surface area contributed by atoms with Gasteiger partial charge in [-0.1, -0.05) is 20.8 Å². The molecule has 1 atom stereocenters. The summed E-state index contributed by atoms with van der Waals surface area (Å²) in [7, 11) is 0. The van der Waals surface area contributed by atoms with Gasteiger partial charge < -0.3 is 9.80 Å². The Bertz CT molecular complexity index is 482. The van der Waals surface area contributed by atoms with Crippen LogP contribution in [0.1, 0.15) is 69.7 Å². The van der Waals surface area contributed by atoms with Gasteiger partial charge in [0, 0.05) is 38.1 Å². The van der Waals surface area contributed by atoms with Gasteiger partial charge in [-0.3, -0.25) is 4.79 Å². The number of aromatic nitrogens is 2. The van der Waals surface area contributed by atoms with Crippen molar-refractivity contribution in [1.29, 1.82) is 0 Å². The highest BCUT2D eigenvalue weighted by atomic mass is 16.2. The third-order valence-electron chi connectivity index (χ3n) is 4.51. The van der Waals surface area contributed by atoms with Gasteiger partial charge in [-0.2, -0.15) is 0 Å². The monoisotopic (exact) mass is 318 g/mol. The Morgan fingerprint density at radius 3 is 2.39 bits per heavy atom. The van der Waals surface area contributed by atoms with Crippen LogP contribution >= 0.6 is 0 Å². The van der Waals surface area contributed by atoms with Crippen molar-refractivity contribution in [2.75, 3.05) is 24.5 Å². The first-order valence-corrected chi connectivity index (χ1v) is 9.09. The van der Waals surface area contributed by atoms with Crippen LogP contribution in [0.3, 0.4) is 0 Å². The molecule has 1 saturated heterocycles. The number of carbonyl (C=O) groups is 1. The summed E-state index contributed by atoms with van der Waals surface area (Å²) in [5.41, 5.74) is 0.598. The summed E-state index contributed by atoms with van der Waals surface area (Å²) < 4.78 is 0. The van der Waals surface area contributed by atoms with Crippen LogP contribution < -0.4 is 4.90 Å². The Kier molecular flexibility index (Phi) is 6.81. The Morgan fingerprint density at radius 2 is 1.83 bits per heavy atom. The van der Waals surface area contributed by atoms with Gasteiger partial charge in [-0.05, 0) is 38.5 Å². The lowest BCUT2D eigenvalue weighted by molar-refractivity contribution is 0.0754. The van der Waals surface area contributed by atoms with Gasteiger partial charge in [0.1, 0.15) is 0 Å². The van der Waals surface area contributed by atoms with Gasteiger partial charge in [0.2, 0.25) is 5.95 Å². The van der Waals surface area contributed by atoms with E-state index in [4.69, 9.17) is 0 Å². The second-order valence-corrected chi connectivity index (χ2v) is 6.32. The molecular formula is C18H30N4O. The molecule has 0 spiro atoms. The lowest BCUT2D eigenvalue weighted by Crippen LogP contribution is -2.40. The molecule has 1 aromatic rings. The second kappa shape index (κ2) is 8.85. The van der Waals surface area contributed by atoms with Crippen molar-refractivity contribution in [2.45, 2.75) is 65.3 Å². The van der Waals surface area contributed by atoms with Crippen molar-refractivity contribution in [3.8, 4) is 0 Å². The van der Waals surface area contributed by atoms with Crippen molar-refractivity contribution in [3.05, 3.63) is 18.0 Å². The molecule has 2 rings (SSSR count). The molecule has 0 aromatic carbocycles. The molecule has 0 bridgehead atoms. The number of amides is 1. The van der Waals surface area contributed by atoms with Crippen LogP contribution in [0.15, 0.2) is 12.4 Å². The predicted octanol–water partition coefficient (Wildman–Crippen LogP) is 3.51. The van der Waals surface area contributed by atoms with Gasteiger partial charge in [0.15, 0.2) is 0 Å². The number of anilines is 1. The summed E-state index contributed by atoms with van der Waals surface area (Å²) >= 11 is 0. The van der Waals surface area contributed by atoms with E-state index >= 15 is 0 Å². The quantitative estimate of drug-likeness (QED) is 0.772. The zero-order chi connectivity index (χ0) is 16.7. The van der Waals surface area contributed by atoms with E-state index in [-0.39, 0.29) is 5.91 Å². The van der Waals surface area contributed by atoms with Crippen LogP contribution in [-0.2, 0) is 0 Å². The van der Waals surface area contributed by atoms with E-state index < -0.39 is 0 Å². The van der Waals surface area contributed by atoms with E-state index in [0.29, 0.717) is 11.6 Å². The Labute approximate surface area is 140 Å². The van der Waals surface area contributed by atoms with Crippen molar-refractivity contribution in [3.63, 3.8) is 0 Å². The Morgan fingerprint density at radius 1 is 1.17 bits per heavy atom. The fourth-order valence-electron chi connectivity index (χ4n) is 3.31. The van der Waals surface area contributed by atoms with Crippen molar-refractivity contribution in [1.82, 2.24) is 14.9 Å². The van der Waals surface area contributed by atoms with Crippen LogP contribution in [0.2, 0.25) is 0 Å². The SMILES string of the molecule is CCCN(CCC)C(=O)c1cnc(N2CCCCC2CC)nc1. The van der Waals surface area contributed by atoms with Gasteiger partial charge in [0.25, 0.3) is 5.91 Å². The molecule has 0 aliphatic carbocycles. The molecule has 1 aliphatic heterocycles. The Balaban J connectivity index is 2.10. The summed E-state index contributed by atoms with van der Waals surface area (Å²) in [5.74, 6) is 0.816. The minimum absolute atomic E-state index is 0.0472. The summed E-state index contributed by atoms with van der Waals surface area (Å²) in [4.78, 5) is 25.7. The topological polar surface area (TPSA) is 49.3 Å². The fraction of sp³-hybridized carbons (Fsp3) is 0.722. The molecule has 0 radical (unpaired) electrons. The lowest BCUT2D eigenvalue weighted by Gasteiger charge is -2.35. The lowest BCUT2D eigenvalue weighted by atomic mass is 10.0. The summed E-state index contributed by atoms with van der Waals surface area (Å²) in [6.45, 7) is 9.00. The zero-order valence-corrected chi connectivity index (χ0v) is 14.8. The smallest absolute Gasteiger partial charge is 0.256 e.